The molecule has 0 bridgehead atoms. The van der Waals surface area contributed by atoms with Crippen molar-refractivity contribution in [2.45, 2.75) is 49.3 Å². The van der Waals surface area contributed by atoms with E-state index in [0.29, 0.717) is 5.56 Å². The number of sulfonamides is 1. The van der Waals surface area contributed by atoms with Crippen molar-refractivity contribution in [3.63, 3.8) is 0 Å². The van der Waals surface area contributed by atoms with Crippen LogP contribution in [-0.4, -0.2) is 31.8 Å². The lowest BCUT2D eigenvalue weighted by Gasteiger charge is -2.29. The van der Waals surface area contributed by atoms with E-state index in [1.807, 2.05) is 4.90 Å². The van der Waals surface area contributed by atoms with Crippen LogP contribution in [0.5, 0.6) is 0 Å². The minimum atomic E-state index is -3.72. The number of hydrogen-bond acceptors (Lipinski definition) is 4. The van der Waals surface area contributed by atoms with Gasteiger partial charge in [0, 0.05) is 18.0 Å². The molecule has 5 nitrogen and oxygen atoms in total. The SMILES string of the molecule is CCC1CCCCCN1C(=O)c1csc(S(N)(=O)=O)c1. The molecule has 1 aromatic heterocycles. The van der Waals surface area contributed by atoms with Gasteiger partial charge in [-0.25, -0.2) is 13.6 Å². The number of likely N-dealkylation sites (tertiary alicyclic amines) is 1. The van der Waals surface area contributed by atoms with Crippen LogP contribution >= 0.6 is 11.3 Å². The number of carbonyl (C=O) groups excluding carboxylic acids is 1. The lowest BCUT2D eigenvalue weighted by molar-refractivity contribution is 0.0678. The molecule has 2 N–H and O–H groups in total. The number of primary sulfonamides is 1. The van der Waals surface area contributed by atoms with E-state index in [1.54, 1.807) is 5.38 Å². The molecule has 0 aromatic carbocycles. The second-order valence-electron chi connectivity index (χ2n) is 5.11. The zero-order valence-corrected chi connectivity index (χ0v) is 13.2. The van der Waals surface area contributed by atoms with Gasteiger partial charge in [-0.15, -0.1) is 11.3 Å². The summed E-state index contributed by atoms with van der Waals surface area (Å²) in [7, 11) is -3.72. The van der Waals surface area contributed by atoms with Crippen LogP contribution in [0.4, 0.5) is 0 Å². The van der Waals surface area contributed by atoms with Gasteiger partial charge in [0.05, 0.1) is 5.56 Å². The third kappa shape index (κ3) is 3.39. The molecule has 1 saturated heterocycles. The van der Waals surface area contributed by atoms with E-state index in [-0.39, 0.29) is 16.2 Å². The summed E-state index contributed by atoms with van der Waals surface area (Å²) >= 11 is 1.00. The van der Waals surface area contributed by atoms with Gasteiger partial charge in [0.25, 0.3) is 5.91 Å². The third-order valence-electron chi connectivity index (χ3n) is 3.71. The topological polar surface area (TPSA) is 80.5 Å². The van der Waals surface area contributed by atoms with Crippen LogP contribution in [-0.2, 0) is 10.0 Å². The number of nitrogens with zero attached hydrogens (tertiary/aromatic N) is 1. The van der Waals surface area contributed by atoms with Gasteiger partial charge in [0.15, 0.2) is 0 Å². The van der Waals surface area contributed by atoms with Gasteiger partial charge in [-0.2, -0.15) is 0 Å². The Morgan fingerprint density at radius 1 is 1.45 bits per heavy atom. The first-order valence-electron chi connectivity index (χ1n) is 6.85. The van der Waals surface area contributed by atoms with E-state index in [9.17, 15) is 13.2 Å². The zero-order valence-electron chi connectivity index (χ0n) is 11.5. The van der Waals surface area contributed by atoms with Crippen molar-refractivity contribution in [1.29, 1.82) is 0 Å². The minimum Gasteiger partial charge on any atom is -0.336 e. The van der Waals surface area contributed by atoms with Crippen LogP contribution in [0.25, 0.3) is 0 Å². The normalized spacial score (nSPS) is 20.7. The number of carbonyl (C=O) groups is 1. The molecule has 0 aliphatic carbocycles. The lowest BCUT2D eigenvalue weighted by atomic mass is 10.1. The maximum absolute atomic E-state index is 12.6. The van der Waals surface area contributed by atoms with Gasteiger partial charge in [-0.3, -0.25) is 4.79 Å². The molecule has 0 spiro atoms. The first kappa shape index (κ1) is 15.5. The summed E-state index contributed by atoms with van der Waals surface area (Å²) in [6.07, 6.45) is 5.25. The fourth-order valence-corrected chi connectivity index (χ4v) is 4.19. The lowest BCUT2D eigenvalue weighted by Crippen LogP contribution is -2.39. The quantitative estimate of drug-likeness (QED) is 0.928. The second-order valence-corrected chi connectivity index (χ2v) is 7.81. The largest absolute Gasteiger partial charge is 0.336 e. The van der Waals surface area contributed by atoms with Crippen molar-refractivity contribution in [2.75, 3.05) is 6.54 Å². The molecular formula is C13H20N2O3S2. The highest BCUT2D eigenvalue weighted by molar-refractivity contribution is 7.91. The van der Waals surface area contributed by atoms with Crippen LogP contribution in [0, 0.1) is 0 Å². The molecule has 112 valence electrons. The Morgan fingerprint density at radius 3 is 2.80 bits per heavy atom. The number of rotatable bonds is 3. The van der Waals surface area contributed by atoms with Crippen molar-refractivity contribution in [1.82, 2.24) is 4.90 Å². The molecule has 1 aliphatic rings. The predicted molar refractivity (Wildman–Crippen MR) is 79.3 cm³/mol. The van der Waals surface area contributed by atoms with Crippen molar-refractivity contribution in [2.24, 2.45) is 5.14 Å². The number of amides is 1. The molecule has 1 amide bonds. The minimum absolute atomic E-state index is 0.0451. The summed E-state index contributed by atoms with van der Waals surface area (Å²) < 4.78 is 22.6. The van der Waals surface area contributed by atoms with Gasteiger partial charge in [-0.1, -0.05) is 19.8 Å². The van der Waals surface area contributed by atoms with Gasteiger partial charge < -0.3 is 4.90 Å². The molecule has 2 heterocycles. The van der Waals surface area contributed by atoms with Crippen LogP contribution < -0.4 is 5.14 Å². The van der Waals surface area contributed by atoms with E-state index in [1.165, 1.54) is 6.07 Å². The molecule has 0 radical (unpaired) electrons. The van der Waals surface area contributed by atoms with E-state index in [0.717, 1.165) is 50.0 Å². The molecule has 1 aliphatic heterocycles. The number of thiophene rings is 1. The second kappa shape index (κ2) is 6.24. The first-order chi connectivity index (χ1) is 9.43. The standard InChI is InChI=1S/C13H20N2O3S2/c1-2-11-6-4-3-5-7-15(11)13(16)10-8-12(19-9-10)20(14,17)18/h8-9,11H,2-7H2,1H3,(H2,14,17,18). The molecule has 2 rings (SSSR count). The zero-order chi connectivity index (χ0) is 14.8. The molecule has 0 saturated carbocycles. The van der Waals surface area contributed by atoms with Crippen molar-refractivity contribution < 1.29 is 13.2 Å². The summed E-state index contributed by atoms with van der Waals surface area (Å²) in [5.74, 6) is -0.0788. The molecule has 1 unspecified atom stereocenters. The summed E-state index contributed by atoms with van der Waals surface area (Å²) in [6.45, 7) is 2.83. The molecule has 20 heavy (non-hydrogen) atoms. The highest BCUT2D eigenvalue weighted by atomic mass is 32.2. The Balaban J connectivity index is 2.23. The highest BCUT2D eigenvalue weighted by Crippen LogP contribution is 2.24. The Bertz CT molecular complexity index is 580. The molecular weight excluding hydrogens is 296 g/mol. The molecule has 1 atom stereocenters. The number of nitrogens with two attached hydrogens (primary N) is 1. The monoisotopic (exact) mass is 316 g/mol. The van der Waals surface area contributed by atoms with E-state index in [4.69, 9.17) is 5.14 Å². The van der Waals surface area contributed by atoms with Gasteiger partial charge in [0.1, 0.15) is 4.21 Å². The molecule has 7 heteroatoms. The van der Waals surface area contributed by atoms with Crippen molar-refractivity contribution in [3.05, 3.63) is 17.0 Å². The van der Waals surface area contributed by atoms with Crippen LogP contribution in [0.3, 0.4) is 0 Å². The van der Waals surface area contributed by atoms with E-state index in [2.05, 4.69) is 6.92 Å². The predicted octanol–water partition coefficient (Wildman–Crippen LogP) is 2.19. The van der Waals surface area contributed by atoms with Crippen molar-refractivity contribution >= 4 is 27.3 Å². The van der Waals surface area contributed by atoms with Gasteiger partial charge >= 0.3 is 0 Å². The maximum atomic E-state index is 12.6. The Labute approximate surface area is 123 Å². The summed E-state index contributed by atoms with van der Waals surface area (Å²) in [6, 6.07) is 1.64. The molecule has 1 fully saturated rings. The Hall–Kier alpha value is -0.920. The fourth-order valence-electron chi connectivity index (χ4n) is 2.61. The van der Waals surface area contributed by atoms with E-state index < -0.39 is 10.0 Å². The Morgan fingerprint density at radius 2 is 2.20 bits per heavy atom. The maximum Gasteiger partial charge on any atom is 0.254 e. The smallest absolute Gasteiger partial charge is 0.254 e. The summed E-state index contributed by atoms with van der Waals surface area (Å²) in [4.78, 5) is 14.4. The van der Waals surface area contributed by atoms with Crippen LogP contribution in [0.15, 0.2) is 15.7 Å². The molecule has 1 aromatic rings. The number of hydrogen-bond donors (Lipinski definition) is 1. The Kier molecular flexibility index (Phi) is 4.82. The third-order valence-corrected chi connectivity index (χ3v) is 6.10. The summed E-state index contributed by atoms with van der Waals surface area (Å²) in [5, 5.41) is 6.67. The average molecular weight is 316 g/mol. The fraction of sp³-hybridized carbons (Fsp3) is 0.615. The van der Waals surface area contributed by atoms with Crippen LogP contribution in [0.2, 0.25) is 0 Å². The average Bonchev–Trinajstić information content (AvgIpc) is 2.77. The van der Waals surface area contributed by atoms with Gasteiger partial charge in [-0.05, 0) is 25.3 Å². The van der Waals surface area contributed by atoms with Gasteiger partial charge in [0.2, 0.25) is 10.0 Å². The first-order valence-corrected chi connectivity index (χ1v) is 9.28. The van der Waals surface area contributed by atoms with Crippen molar-refractivity contribution in [3.8, 4) is 0 Å². The highest BCUT2D eigenvalue weighted by Gasteiger charge is 2.26. The van der Waals surface area contributed by atoms with E-state index >= 15 is 0 Å². The van der Waals surface area contributed by atoms with Crippen LogP contribution in [0.1, 0.15) is 49.4 Å². The summed E-state index contributed by atoms with van der Waals surface area (Å²) in [5.41, 5.74) is 0.430.